The Morgan fingerprint density at radius 2 is 2.36 bits per heavy atom. The molecule has 0 atom stereocenters. The van der Waals surface area contributed by atoms with Crippen LogP contribution in [0.3, 0.4) is 0 Å². The van der Waals surface area contributed by atoms with E-state index in [1.54, 1.807) is 6.92 Å². The van der Waals surface area contributed by atoms with E-state index in [0.29, 0.717) is 11.4 Å². The lowest BCUT2D eigenvalue weighted by Gasteiger charge is -2.03. The van der Waals surface area contributed by atoms with Gasteiger partial charge in [0.15, 0.2) is 0 Å². The highest BCUT2D eigenvalue weighted by molar-refractivity contribution is 6.32. The van der Waals surface area contributed by atoms with Gasteiger partial charge in [-0.3, -0.25) is 4.98 Å². The fraction of sp³-hybridized carbons (Fsp3) is 0.222. The highest BCUT2D eigenvalue weighted by Gasteiger charge is 2.14. The van der Waals surface area contributed by atoms with Gasteiger partial charge in [-0.1, -0.05) is 11.6 Å². The summed E-state index contributed by atoms with van der Waals surface area (Å²) in [6, 6.07) is 1.38. The van der Waals surface area contributed by atoms with Crippen LogP contribution in [-0.2, 0) is 4.74 Å². The monoisotopic (exact) mass is 210 g/mol. The average molecular weight is 211 g/mol. The van der Waals surface area contributed by atoms with E-state index < -0.39 is 5.97 Å². The first kappa shape index (κ1) is 10.5. The third kappa shape index (κ3) is 1.83. The molecule has 0 aliphatic carbocycles. The van der Waals surface area contributed by atoms with Crippen molar-refractivity contribution in [2.75, 3.05) is 7.11 Å². The molecule has 0 fully saturated rings. The largest absolute Gasteiger partial charge is 0.465 e. The Kier molecular flexibility index (Phi) is 3.05. The number of nitrogens with zero attached hydrogens (tertiary/aromatic N) is 2. The molecule has 0 spiro atoms. The Bertz CT molecular complexity index is 424. The summed E-state index contributed by atoms with van der Waals surface area (Å²) in [4.78, 5) is 18.2. The van der Waals surface area contributed by atoms with Crippen LogP contribution in [0.2, 0.25) is 5.15 Å². The number of aryl methyl sites for hydroxylation is 1. The molecular weight excluding hydrogens is 204 g/mol. The maximum Gasteiger partial charge on any atom is 0.339 e. The lowest BCUT2D eigenvalue weighted by atomic mass is 10.2. The summed E-state index contributed by atoms with van der Waals surface area (Å²) in [5, 5.41) is 0.0572. The van der Waals surface area contributed by atoms with Crippen LogP contribution in [0.4, 0.5) is 5.69 Å². The van der Waals surface area contributed by atoms with E-state index in [0.717, 1.165) is 0 Å². The van der Waals surface area contributed by atoms with Gasteiger partial charge in [-0.2, -0.15) is 0 Å². The van der Waals surface area contributed by atoms with Crippen LogP contribution >= 0.6 is 11.6 Å². The molecule has 5 heteroatoms. The van der Waals surface area contributed by atoms with Crippen molar-refractivity contribution < 1.29 is 9.53 Å². The fourth-order valence-corrected chi connectivity index (χ4v) is 1.19. The van der Waals surface area contributed by atoms with Crippen LogP contribution in [0.15, 0.2) is 6.07 Å². The van der Waals surface area contributed by atoms with Gasteiger partial charge in [-0.05, 0) is 13.0 Å². The maximum absolute atomic E-state index is 11.2. The summed E-state index contributed by atoms with van der Waals surface area (Å²) in [5.74, 6) is -0.590. The van der Waals surface area contributed by atoms with Crippen molar-refractivity contribution in [3.8, 4) is 0 Å². The highest BCUT2D eigenvalue weighted by atomic mass is 35.5. The minimum absolute atomic E-state index is 0.0572. The molecule has 0 aliphatic rings. The van der Waals surface area contributed by atoms with Gasteiger partial charge in [0.25, 0.3) is 0 Å². The summed E-state index contributed by atoms with van der Waals surface area (Å²) in [6.07, 6.45) is 0. The van der Waals surface area contributed by atoms with Gasteiger partial charge >= 0.3 is 5.97 Å². The number of hydrogen-bond acceptors (Lipinski definition) is 3. The second-order valence-corrected chi connectivity index (χ2v) is 2.89. The van der Waals surface area contributed by atoms with Crippen molar-refractivity contribution in [2.45, 2.75) is 6.92 Å². The summed E-state index contributed by atoms with van der Waals surface area (Å²) >= 11 is 5.72. The lowest BCUT2D eigenvalue weighted by molar-refractivity contribution is 0.0600. The van der Waals surface area contributed by atoms with Gasteiger partial charge in [0.2, 0.25) is 5.69 Å². The highest BCUT2D eigenvalue weighted by Crippen LogP contribution is 2.24. The van der Waals surface area contributed by atoms with E-state index in [2.05, 4.69) is 14.6 Å². The molecule has 0 bridgehead atoms. The lowest BCUT2D eigenvalue weighted by Crippen LogP contribution is -2.03. The molecule has 1 heterocycles. The average Bonchev–Trinajstić information content (AvgIpc) is 2.17. The molecule has 0 saturated heterocycles. The van der Waals surface area contributed by atoms with Crippen LogP contribution in [0.5, 0.6) is 0 Å². The topological polar surface area (TPSA) is 43.5 Å². The molecule has 0 amide bonds. The van der Waals surface area contributed by atoms with Crippen molar-refractivity contribution in [1.82, 2.24) is 4.98 Å². The Morgan fingerprint density at radius 3 is 2.86 bits per heavy atom. The van der Waals surface area contributed by atoms with Crippen LogP contribution in [-0.4, -0.2) is 18.1 Å². The van der Waals surface area contributed by atoms with Crippen LogP contribution in [0.25, 0.3) is 4.85 Å². The van der Waals surface area contributed by atoms with Crippen molar-refractivity contribution in [3.63, 3.8) is 0 Å². The van der Waals surface area contributed by atoms with E-state index in [1.165, 1.54) is 13.2 Å². The zero-order valence-electron chi connectivity index (χ0n) is 7.67. The van der Waals surface area contributed by atoms with Gasteiger partial charge in [-0.15, -0.1) is 0 Å². The normalized spacial score (nSPS) is 9.29. The number of esters is 1. The number of pyridine rings is 1. The molecule has 1 aromatic rings. The Balaban J connectivity index is 3.33. The molecule has 1 rings (SSSR count). The SMILES string of the molecule is [C-]#[N+]c1cc(C(=O)OC)c(Cl)nc1C. The number of carbonyl (C=O) groups excluding carboxylic acids is 1. The van der Waals surface area contributed by atoms with Gasteiger partial charge in [0.05, 0.1) is 19.2 Å². The summed E-state index contributed by atoms with van der Waals surface area (Å²) < 4.78 is 4.49. The smallest absolute Gasteiger partial charge is 0.339 e. The van der Waals surface area contributed by atoms with Crippen molar-refractivity contribution in [3.05, 3.63) is 33.9 Å². The Hall–Kier alpha value is -1.60. The Labute approximate surface area is 86.3 Å². The van der Waals surface area contributed by atoms with Crippen molar-refractivity contribution in [1.29, 1.82) is 0 Å². The van der Waals surface area contributed by atoms with Crippen molar-refractivity contribution in [2.24, 2.45) is 0 Å². The fourth-order valence-electron chi connectivity index (χ4n) is 0.932. The van der Waals surface area contributed by atoms with E-state index in [-0.39, 0.29) is 10.7 Å². The molecular formula is C9H7ClN2O2. The molecule has 0 saturated carbocycles. The predicted octanol–water partition coefficient (Wildman–Crippen LogP) is 2.38. The standard InChI is InChI=1S/C9H7ClN2O2/c1-5-7(11-2)4-6(8(10)12-5)9(13)14-3/h4H,1,3H3. The van der Waals surface area contributed by atoms with E-state index in [4.69, 9.17) is 18.2 Å². The number of hydrogen-bond donors (Lipinski definition) is 0. The molecule has 0 radical (unpaired) electrons. The van der Waals surface area contributed by atoms with Gasteiger partial charge in [0.1, 0.15) is 5.15 Å². The molecule has 0 aromatic carbocycles. The molecule has 72 valence electrons. The number of rotatable bonds is 1. The predicted molar refractivity (Wildman–Crippen MR) is 51.6 cm³/mol. The van der Waals surface area contributed by atoms with Crippen LogP contribution < -0.4 is 0 Å². The zero-order valence-corrected chi connectivity index (χ0v) is 8.42. The first-order chi connectivity index (χ1) is 6.60. The Morgan fingerprint density at radius 1 is 1.71 bits per heavy atom. The maximum atomic E-state index is 11.2. The molecule has 4 nitrogen and oxygen atoms in total. The molecule has 1 aromatic heterocycles. The summed E-state index contributed by atoms with van der Waals surface area (Å²) in [7, 11) is 1.25. The minimum atomic E-state index is -0.590. The first-order valence-corrected chi connectivity index (χ1v) is 4.11. The minimum Gasteiger partial charge on any atom is -0.465 e. The molecule has 14 heavy (non-hydrogen) atoms. The molecule has 0 N–H and O–H groups in total. The third-order valence-electron chi connectivity index (χ3n) is 1.67. The second kappa shape index (κ2) is 4.07. The number of ether oxygens (including phenoxy) is 1. The van der Waals surface area contributed by atoms with E-state index >= 15 is 0 Å². The number of methoxy groups -OCH3 is 1. The van der Waals surface area contributed by atoms with Gasteiger partial charge < -0.3 is 4.74 Å². The van der Waals surface area contributed by atoms with E-state index in [9.17, 15) is 4.79 Å². The van der Waals surface area contributed by atoms with Crippen LogP contribution in [0.1, 0.15) is 16.1 Å². The quantitative estimate of drug-likeness (QED) is 0.406. The van der Waals surface area contributed by atoms with Gasteiger partial charge in [-0.25, -0.2) is 9.64 Å². The summed E-state index contributed by atoms with van der Waals surface area (Å²) in [5.41, 5.74) is 0.915. The van der Waals surface area contributed by atoms with E-state index in [1.807, 2.05) is 0 Å². The zero-order chi connectivity index (χ0) is 10.7. The van der Waals surface area contributed by atoms with Crippen molar-refractivity contribution >= 4 is 23.3 Å². The van der Waals surface area contributed by atoms with Gasteiger partial charge in [0, 0.05) is 5.69 Å². The molecule has 0 unspecified atom stereocenters. The molecule has 0 aliphatic heterocycles. The van der Waals surface area contributed by atoms with Crippen LogP contribution in [0, 0.1) is 13.5 Å². The summed E-state index contributed by atoms with van der Waals surface area (Å²) in [6.45, 7) is 8.49. The first-order valence-electron chi connectivity index (χ1n) is 3.73. The third-order valence-corrected chi connectivity index (χ3v) is 1.95. The number of aromatic nitrogens is 1. The number of halogens is 1. The number of carbonyl (C=O) groups is 1. The second-order valence-electron chi connectivity index (χ2n) is 2.53.